The molecule has 6 rings (SSSR count). The zero-order chi connectivity index (χ0) is 38.2. The smallest absolute Gasteiger partial charge is 0.473 e. The largest absolute Gasteiger partial charge is 0.493 e. The summed E-state index contributed by atoms with van der Waals surface area (Å²) in [5, 5.41) is -3.81. The minimum atomic E-state index is -7.21. The van der Waals surface area contributed by atoms with E-state index in [2.05, 4.69) is 14.2 Å². The van der Waals surface area contributed by atoms with Crippen molar-refractivity contribution in [1.82, 2.24) is 0 Å². The minimum Gasteiger partial charge on any atom is -0.493 e. The van der Waals surface area contributed by atoms with Crippen LogP contribution in [0.15, 0.2) is 84.0 Å². The molecule has 7 nitrogen and oxygen atoms in total. The lowest BCUT2D eigenvalue weighted by molar-refractivity contribution is -0.417. The van der Waals surface area contributed by atoms with Crippen LogP contribution >= 0.6 is 0 Å². The first-order valence-corrected chi connectivity index (χ1v) is 17.7. The van der Waals surface area contributed by atoms with E-state index in [1.54, 1.807) is 36.4 Å². The summed E-state index contributed by atoms with van der Waals surface area (Å²) in [7, 11) is -7.21. The molecule has 0 radical (unpaired) electrons. The van der Waals surface area contributed by atoms with E-state index in [1.165, 1.54) is 30.3 Å². The van der Waals surface area contributed by atoms with Gasteiger partial charge in [-0.3, -0.25) is 4.28 Å². The third-order valence-corrected chi connectivity index (χ3v) is 10.1. The molecule has 0 aromatic heterocycles. The van der Waals surface area contributed by atoms with Gasteiger partial charge in [0.15, 0.2) is 12.3 Å². The highest BCUT2D eigenvalue weighted by Gasteiger charge is 2.72. The summed E-state index contributed by atoms with van der Waals surface area (Å²) in [4.78, 5) is 0. The molecule has 0 aliphatic heterocycles. The second-order valence-electron chi connectivity index (χ2n) is 12.7. The van der Waals surface area contributed by atoms with Gasteiger partial charge in [0.2, 0.25) is 0 Å². The van der Waals surface area contributed by atoms with Gasteiger partial charge in [-0.1, -0.05) is 85.1 Å². The highest BCUT2D eigenvalue weighted by molar-refractivity contribution is 7.87. The number of hydrogen-bond acceptors (Lipinski definition) is 7. The van der Waals surface area contributed by atoms with Gasteiger partial charge in [-0.2, -0.15) is 47.9 Å². The average molecular weight is 776 g/mol. The third-order valence-electron chi connectivity index (χ3n) is 8.93. The van der Waals surface area contributed by atoms with Crippen LogP contribution in [0, 0.1) is 5.92 Å². The van der Waals surface area contributed by atoms with Gasteiger partial charge in [-0.15, -0.1) is 0 Å². The topological polar surface area (TPSA) is 83.4 Å². The Bertz CT molecular complexity index is 2120. The van der Waals surface area contributed by atoms with Gasteiger partial charge < -0.3 is 9.47 Å². The summed E-state index contributed by atoms with van der Waals surface area (Å²) in [6.45, 7) is -1.71. The fourth-order valence-corrected chi connectivity index (χ4v) is 6.94. The van der Waals surface area contributed by atoms with Gasteiger partial charge in [-0.25, -0.2) is 4.74 Å². The Balaban J connectivity index is 1.15. The van der Waals surface area contributed by atoms with Crippen molar-refractivity contribution >= 4 is 26.6 Å². The molecule has 17 heteroatoms. The second-order valence-corrected chi connectivity index (χ2v) is 14.2. The monoisotopic (exact) mass is 775 g/mol. The molecule has 2 aliphatic carbocycles. The number of oxime groups is 1. The Morgan fingerprint density at radius 3 is 2.00 bits per heavy atom. The van der Waals surface area contributed by atoms with Crippen molar-refractivity contribution in [3.63, 3.8) is 0 Å². The van der Waals surface area contributed by atoms with Gasteiger partial charge in [0.25, 0.3) is 0 Å². The normalized spacial score (nSPS) is 16.0. The number of benzene rings is 4. The molecular formula is C36H30F9NO6S. The van der Waals surface area contributed by atoms with E-state index < -0.39 is 51.6 Å². The summed E-state index contributed by atoms with van der Waals surface area (Å²) < 4.78 is 171. The number of halogens is 9. The van der Waals surface area contributed by atoms with Crippen molar-refractivity contribution in [2.45, 2.75) is 62.2 Å². The predicted octanol–water partition coefficient (Wildman–Crippen LogP) is 9.86. The van der Waals surface area contributed by atoms with Crippen molar-refractivity contribution in [3.05, 3.63) is 95.6 Å². The van der Waals surface area contributed by atoms with Gasteiger partial charge in [-0.05, 0) is 65.6 Å². The van der Waals surface area contributed by atoms with Crippen LogP contribution in [0.3, 0.4) is 0 Å². The second kappa shape index (κ2) is 14.4. The van der Waals surface area contributed by atoms with E-state index >= 15 is 0 Å². The SMILES string of the molecule is O=S(=O)(ON=C(c1ccc2c(c1)Cc1ccccc1-2)C(F)(F)F)C(F)(F)C(F)(F)OC(F)(F)COc1cccc2c(OCC3CCCCC3)cccc12. The molecule has 4 aromatic rings. The summed E-state index contributed by atoms with van der Waals surface area (Å²) >= 11 is 0. The Kier molecular flexibility index (Phi) is 10.4. The lowest BCUT2D eigenvalue weighted by Crippen LogP contribution is -2.53. The standard InChI is InChI=1S/C36H30F9NO6S/c37-33(38,21-50-31-15-7-12-28-29(31)13-6-14-30(28)49-20-22-8-2-1-3-9-22)51-35(42,43)36(44,45)53(47,48)52-46-32(34(39,40)41)24-16-17-27-25(19-24)18-23-10-4-5-11-26(23)27/h4-7,10-17,19,22H,1-3,8-9,18,20-21H2. The maximum absolute atomic E-state index is 14.7. The maximum atomic E-state index is 14.7. The molecule has 0 atom stereocenters. The molecule has 0 unspecified atom stereocenters. The average Bonchev–Trinajstić information content (AvgIpc) is 3.47. The number of rotatable bonds is 13. The molecule has 0 N–H and O–H groups in total. The molecular weight excluding hydrogens is 745 g/mol. The molecule has 0 spiro atoms. The van der Waals surface area contributed by atoms with Crippen LogP contribution in [0.2, 0.25) is 0 Å². The van der Waals surface area contributed by atoms with Crippen molar-refractivity contribution < 1.29 is 66.4 Å². The lowest BCUT2D eigenvalue weighted by atomic mass is 9.90. The maximum Gasteiger partial charge on any atom is 0.473 e. The van der Waals surface area contributed by atoms with Crippen molar-refractivity contribution in [1.29, 1.82) is 0 Å². The summed E-state index contributed by atoms with van der Waals surface area (Å²) in [6.07, 6.45) is -12.0. The summed E-state index contributed by atoms with van der Waals surface area (Å²) in [5.41, 5.74) is -0.666. The van der Waals surface area contributed by atoms with Crippen molar-refractivity contribution in [2.75, 3.05) is 13.2 Å². The number of hydrogen-bond donors (Lipinski definition) is 0. The minimum absolute atomic E-state index is 0.166. The zero-order valence-electron chi connectivity index (χ0n) is 27.4. The summed E-state index contributed by atoms with van der Waals surface area (Å²) in [6, 6.07) is 18.6. The van der Waals surface area contributed by atoms with Gasteiger partial charge in [0.1, 0.15) is 11.5 Å². The van der Waals surface area contributed by atoms with Crippen LogP contribution in [0.5, 0.6) is 11.5 Å². The number of ether oxygens (including phenoxy) is 3. The molecule has 0 heterocycles. The molecule has 1 fully saturated rings. The molecule has 0 saturated heterocycles. The van der Waals surface area contributed by atoms with Crippen molar-refractivity contribution in [3.8, 4) is 22.6 Å². The first kappa shape index (κ1) is 38.2. The van der Waals surface area contributed by atoms with Crippen LogP contribution in [0.1, 0.15) is 48.8 Å². The Morgan fingerprint density at radius 2 is 1.34 bits per heavy atom. The van der Waals surface area contributed by atoms with E-state index in [9.17, 15) is 47.9 Å². The van der Waals surface area contributed by atoms with E-state index in [0.717, 1.165) is 49.8 Å². The molecule has 0 amide bonds. The Labute approximate surface area is 297 Å². The fraction of sp³-hybridized carbons (Fsp3) is 0.361. The number of fused-ring (bicyclic) bond motifs is 4. The first-order chi connectivity index (χ1) is 24.9. The number of alkyl halides is 9. The molecule has 4 aromatic carbocycles. The van der Waals surface area contributed by atoms with E-state index in [0.29, 0.717) is 40.4 Å². The predicted molar refractivity (Wildman–Crippen MR) is 175 cm³/mol. The van der Waals surface area contributed by atoms with E-state index in [1.807, 2.05) is 0 Å². The van der Waals surface area contributed by atoms with Gasteiger partial charge in [0.05, 0.1) is 6.61 Å². The van der Waals surface area contributed by atoms with Gasteiger partial charge >= 0.3 is 33.8 Å². The Morgan fingerprint density at radius 1 is 0.717 bits per heavy atom. The quantitative estimate of drug-likeness (QED) is 0.0673. The highest BCUT2D eigenvalue weighted by Crippen LogP contribution is 2.45. The molecule has 1 saturated carbocycles. The Hall–Kier alpha value is -4.51. The fourth-order valence-electron chi connectivity index (χ4n) is 6.34. The zero-order valence-corrected chi connectivity index (χ0v) is 28.3. The third kappa shape index (κ3) is 8.05. The van der Waals surface area contributed by atoms with Crippen LogP contribution < -0.4 is 9.47 Å². The molecule has 0 bridgehead atoms. The van der Waals surface area contributed by atoms with E-state index in [4.69, 9.17) is 9.47 Å². The van der Waals surface area contributed by atoms with E-state index in [-0.39, 0.29) is 17.6 Å². The molecule has 284 valence electrons. The number of nitrogens with zero attached hydrogens (tertiary/aromatic N) is 1. The van der Waals surface area contributed by atoms with Crippen LogP contribution in [0.4, 0.5) is 39.5 Å². The molecule has 53 heavy (non-hydrogen) atoms. The van der Waals surface area contributed by atoms with Crippen LogP contribution in [-0.4, -0.2) is 51.0 Å². The van der Waals surface area contributed by atoms with Crippen molar-refractivity contribution in [2.24, 2.45) is 11.1 Å². The van der Waals surface area contributed by atoms with Crippen LogP contribution in [-0.2, 0) is 25.6 Å². The highest BCUT2D eigenvalue weighted by atomic mass is 32.2. The van der Waals surface area contributed by atoms with Crippen LogP contribution in [0.25, 0.3) is 21.9 Å². The summed E-state index contributed by atoms with van der Waals surface area (Å²) in [5.74, 6) is 0.408. The van der Waals surface area contributed by atoms with Gasteiger partial charge in [0, 0.05) is 16.3 Å². The molecule has 2 aliphatic rings. The lowest BCUT2D eigenvalue weighted by Gasteiger charge is -2.28. The first-order valence-electron chi connectivity index (χ1n) is 16.3.